The first-order valence-corrected chi connectivity index (χ1v) is 6.46. The molecule has 0 aliphatic rings. The van der Waals surface area contributed by atoms with Gasteiger partial charge in [0.25, 0.3) is 0 Å². The second-order valence-electron chi connectivity index (χ2n) is 4.86. The summed E-state index contributed by atoms with van der Waals surface area (Å²) < 4.78 is 1.87. The highest BCUT2D eigenvalue weighted by atomic mass is 16.1. The molecule has 0 fully saturated rings. The Morgan fingerprint density at radius 1 is 1.10 bits per heavy atom. The van der Waals surface area contributed by atoms with Crippen LogP contribution in [0.3, 0.4) is 0 Å². The van der Waals surface area contributed by atoms with Crippen molar-refractivity contribution in [2.24, 2.45) is 0 Å². The van der Waals surface area contributed by atoms with Crippen molar-refractivity contribution in [2.45, 2.75) is 13.8 Å². The van der Waals surface area contributed by atoms with Gasteiger partial charge in [-0.1, -0.05) is 12.1 Å². The fourth-order valence-electron chi connectivity index (χ4n) is 2.27. The van der Waals surface area contributed by atoms with Gasteiger partial charge in [-0.05, 0) is 43.7 Å². The van der Waals surface area contributed by atoms with Crippen LogP contribution in [0.5, 0.6) is 0 Å². The first-order valence-electron chi connectivity index (χ1n) is 6.46. The molecule has 3 aromatic rings. The average molecular weight is 265 g/mol. The van der Waals surface area contributed by atoms with Crippen LogP contribution in [0, 0.1) is 13.8 Å². The SMILES string of the molecule is Cc1cccc(-n2nc(C)cc2-c2cc[nH]c(=O)c2)c1. The van der Waals surface area contributed by atoms with Gasteiger partial charge in [-0.3, -0.25) is 4.79 Å². The number of benzene rings is 1. The number of pyridine rings is 1. The van der Waals surface area contributed by atoms with Gasteiger partial charge in [-0.25, -0.2) is 4.68 Å². The summed E-state index contributed by atoms with van der Waals surface area (Å²) in [6, 6.07) is 13.6. The standard InChI is InChI=1S/C16H15N3O/c1-11-4-3-5-14(8-11)19-15(9-12(2)18-19)13-6-7-17-16(20)10-13/h3-10H,1-2H3,(H,17,20). The molecule has 0 saturated carbocycles. The van der Waals surface area contributed by atoms with Crippen LogP contribution < -0.4 is 5.56 Å². The number of nitrogens with zero attached hydrogens (tertiary/aromatic N) is 2. The molecule has 2 heterocycles. The van der Waals surface area contributed by atoms with Crippen molar-refractivity contribution in [1.29, 1.82) is 0 Å². The minimum absolute atomic E-state index is 0.114. The Morgan fingerprint density at radius 2 is 1.95 bits per heavy atom. The zero-order valence-corrected chi connectivity index (χ0v) is 11.4. The van der Waals surface area contributed by atoms with Crippen molar-refractivity contribution in [1.82, 2.24) is 14.8 Å². The lowest BCUT2D eigenvalue weighted by Gasteiger charge is -2.08. The third kappa shape index (κ3) is 2.28. The fraction of sp³-hybridized carbons (Fsp3) is 0.125. The minimum Gasteiger partial charge on any atom is -0.329 e. The molecule has 3 rings (SSSR count). The van der Waals surface area contributed by atoms with E-state index in [1.807, 2.05) is 48.9 Å². The Kier molecular flexibility index (Phi) is 2.99. The van der Waals surface area contributed by atoms with Crippen LogP contribution in [0.4, 0.5) is 0 Å². The van der Waals surface area contributed by atoms with Crippen molar-refractivity contribution in [3.8, 4) is 16.9 Å². The van der Waals surface area contributed by atoms with Crippen LogP contribution in [0.2, 0.25) is 0 Å². The molecule has 1 aromatic carbocycles. The second-order valence-corrected chi connectivity index (χ2v) is 4.86. The number of aryl methyl sites for hydroxylation is 2. The molecule has 0 radical (unpaired) electrons. The van der Waals surface area contributed by atoms with Gasteiger partial charge in [0.15, 0.2) is 0 Å². The molecule has 0 saturated heterocycles. The molecular formula is C16H15N3O. The van der Waals surface area contributed by atoms with Gasteiger partial charge in [0, 0.05) is 17.8 Å². The lowest BCUT2D eigenvalue weighted by atomic mass is 10.1. The van der Waals surface area contributed by atoms with E-state index in [0.717, 1.165) is 22.6 Å². The third-order valence-electron chi connectivity index (χ3n) is 3.15. The summed E-state index contributed by atoms with van der Waals surface area (Å²) in [7, 11) is 0. The minimum atomic E-state index is -0.114. The Balaban J connectivity index is 2.21. The van der Waals surface area contributed by atoms with Crippen LogP contribution >= 0.6 is 0 Å². The van der Waals surface area contributed by atoms with Gasteiger partial charge in [0.1, 0.15) is 0 Å². The molecule has 0 atom stereocenters. The maximum Gasteiger partial charge on any atom is 0.248 e. The average Bonchev–Trinajstić information content (AvgIpc) is 2.81. The Bertz CT molecular complexity index is 814. The van der Waals surface area contributed by atoms with Gasteiger partial charge in [-0.2, -0.15) is 5.10 Å². The Hall–Kier alpha value is -2.62. The molecule has 20 heavy (non-hydrogen) atoms. The summed E-state index contributed by atoms with van der Waals surface area (Å²) in [4.78, 5) is 14.1. The van der Waals surface area contributed by atoms with Crippen molar-refractivity contribution in [3.63, 3.8) is 0 Å². The number of hydrogen-bond acceptors (Lipinski definition) is 2. The molecule has 0 amide bonds. The highest BCUT2D eigenvalue weighted by molar-refractivity contribution is 5.62. The molecule has 0 bridgehead atoms. The number of H-pyrrole nitrogens is 1. The van der Waals surface area contributed by atoms with Crippen molar-refractivity contribution >= 4 is 0 Å². The van der Waals surface area contributed by atoms with Gasteiger partial charge in [0.2, 0.25) is 5.56 Å². The number of hydrogen-bond donors (Lipinski definition) is 1. The van der Waals surface area contributed by atoms with Gasteiger partial charge >= 0.3 is 0 Å². The lowest BCUT2D eigenvalue weighted by Crippen LogP contribution is -2.05. The number of nitrogens with one attached hydrogen (secondary N) is 1. The normalized spacial score (nSPS) is 10.7. The maximum atomic E-state index is 11.5. The third-order valence-corrected chi connectivity index (χ3v) is 3.15. The number of aromatic amines is 1. The quantitative estimate of drug-likeness (QED) is 0.774. The second kappa shape index (κ2) is 4.81. The summed E-state index contributed by atoms with van der Waals surface area (Å²) in [5.41, 5.74) is 4.75. The summed E-state index contributed by atoms with van der Waals surface area (Å²) in [5.74, 6) is 0. The highest BCUT2D eigenvalue weighted by Crippen LogP contribution is 2.23. The predicted molar refractivity (Wildman–Crippen MR) is 79.1 cm³/mol. The summed E-state index contributed by atoms with van der Waals surface area (Å²) in [6.07, 6.45) is 1.65. The van der Waals surface area contributed by atoms with Crippen LogP contribution in [-0.4, -0.2) is 14.8 Å². The molecule has 0 spiro atoms. The van der Waals surface area contributed by atoms with Crippen LogP contribution in [0.1, 0.15) is 11.3 Å². The highest BCUT2D eigenvalue weighted by Gasteiger charge is 2.10. The van der Waals surface area contributed by atoms with Crippen molar-refractivity contribution < 1.29 is 0 Å². The lowest BCUT2D eigenvalue weighted by molar-refractivity contribution is 0.867. The van der Waals surface area contributed by atoms with E-state index < -0.39 is 0 Å². The zero-order chi connectivity index (χ0) is 14.1. The summed E-state index contributed by atoms with van der Waals surface area (Å²) in [5, 5.41) is 4.53. The summed E-state index contributed by atoms with van der Waals surface area (Å²) >= 11 is 0. The van der Waals surface area contributed by atoms with Crippen molar-refractivity contribution in [2.75, 3.05) is 0 Å². The molecule has 0 unspecified atom stereocenters. The maximum absolute atomic E-state index is 11.5. The molecule has 0 aliphatic heterocycles. The van der Waals surface area contributed by atoms with Gasteiger partial charge in [0.05, 0.1) is 17.1 Å². The van der Waals surface area contributed by atoms with Gasteiger partial charge < -0.3 is 4.98 Å². The van der Waals surface area contributed by atoms with E-state index >= 15 is 0 Å². The fourth-order valence-corrected chi connectivity index (χ4v) is 2.27. The van der Waals surface area contributed by atoms with Crippen LogP contribution in [-0.2, 0) is 0 Å². The Labute approximate surface area is 116 Å². The van der Waals surface area contributed by atoms with E-state index in [1.54, 1.807) is 12.3 Å². The smallest absolute Gasteiger partial charge is 0.248 e. The van der Waals surface area contributed by atoms with E-state index in [2.05, 4.69) is 16.1 Å². The Morgan fingerprint density at radius 3 is 2.70 bits per heavy atom. The first-order chi connectivity index (χ1) is 9.63. The molecule has 2 aromatic heterocycles. The number of rotatable bonds is 2. The van der Waals surface area contributed by atoms with Crippen LogP contribution in [0.15, 0.2) is 53.5 Å². The molecule has 4 nitrogen and oxygen atoms in total. The monoisotopic (exact) mass is 265 g/mol. The van der Waals surface area contributed by atoms with E-state index in [-0.39, 0.29) is 5.56 Å². The predicted octanol–water partition coefficient (Wildman–Crippen LogP) is 2.84. The van der Waals surface area contributed by atoms with E-state index in [0.29, 0.717) is 0 Å². The van der Waals surface area contributed by atoms with Crippen LogP contribution in [0.25, 0.3) is 16.9 Å². The largest absolute Gasteiger partial charge is 0.329 e. The molecular weight excluding hydrogens is 250 g/mol. The van der Waals surface area contributed by atoms with E-state index in [1.165, 1.54) is 5.56 Å². The molecule has 0 aliphatic carbocycles. The van der Waals surface area contributed by atoms with E-state index in [4.69, 9.17) is 0 Å². The van der Waals surface area contributed by atoms with Gasteiger partial charge in [-0.15, -0.1) is 0 Å². The molecule has 100 valence electrons. The summed E-state index contributed by atoms with van der Waals surface area (Å²) in [6.45, 7) is 4.00. The van der Waals surface area contributed by atoms with Crippen molar-refractivity contribution in [3.05, 3.63) is 70.3 Å². The van der Waals surface area contributed by atoms with E-state index in [9.17, 15) is 4.79 Å². The molecule has 1 N–H and O–H groups in total. The number of aromatic nitrogens is 3. The molecule has 4 heteroatoms. The first kappa shape index (κ1) is 12.4. The topological polar surface area (TPSA) is 50.7 Å². The zero-order valence-electron chi connectivity index (χ0n) is 11.4.